The van der Waals surface area contributed by atoms with Gasteiger partial charge in [0.1, 0.15) is 0 Å². The van der Waals surface area contributed by atoms with Crippen LogP contribution in [0.3, 0.4) is 0 Å². The second-order valence-corrected chi connectivity index (χ2v) is 6.37. The number of hydrogen-bond acceptors (Lipinski definition) is 2. The molecule has 0 saturated heterocycles. The fraction of sp³-hybridized carbons (Fsp3) is 0.400. The Morgan fingerprint density at radius 1 is 1.33 bits per heavy atom. The molecule has 1 heterocycles. The Labute approximate surface area is 143 Å². The highest BCUT2D eigenvalue weighted by atomic mass is 79.9. The molecule has 1 unspecified atom stereocenters. The number of halogens is 3. The quantitative estimate of drug-likeness (QED) is 0.746. The monoisotopic (exact) mass is 389 g/mol. The third-order valence-electron chi connectivity index (χ3n) is 3.24. The van der Waals surface area contributed by atoms with E-state index in [0.717, 1.165) is 35.2 Å². The molecular weight excluding hydrogens is 373 g/mol. The predicted octanol–water partition coefficient (Wildman–Crippen LogP) is 5.06. The highest BCUT2D eigenvalue weighted by Crippen LogP contribution is 2.35. The molecule has 0 aliphatic rings. The maximum atomic E-state index is 6.46. The Bertz CT molecular complexity index is 613. The molecule has 1 N–H and O–H groups in total. The van der Waals surface area contributed by atoms with Crippen molar-refractivity contribution in [1.82, 2.24) is 15.1 Å². The van der Waals surface area contributed by atoms with E-state index in [1.165, 1.54) is 0 Å². The van der Waals surface area contributed by atoms with Crippen molar-refractivity contribution in [3.8, 4) is 0 Å². The molecule has 0 aliphatic carbocycles. The van der Waals surface area contributed by atoms with E-state index in [1.54, 1.807) is 6.20 Å². The number of hydrogen-bond donors (Lipinski definition) is 1. The van der Waals surface area contributed by atoms with Crippen LogP contribution in [0.4, 0.5) is 0 Å². The molecule has 0 radical (unpaired) electrons. The van der Waals surface area contributed by atoms with Gasteiger partial charge in [-0.1, -0.05) is 49.2 Å². The normalized spacial score (nSPS) is 12.6. The lowest BCUT2D eigenvalue weighted by Crippen LogP contribution is -2.25. The molecule has 1 aromatic heterocycles. The molecule has 0 fully saturated rings. The number of nitrogens with zero attached hydrogens (tertiary/aromatic N) is 2. The SMILES string of the molecule is CCCn1ncc(Cl)c1C(NCC)c1cccc(Br)c1Cl. The van der Waals surface area contributed by atoms with Crippen LogP contribution < -0.4 is 5.32 Å². The van der Waals surface area contributed by atoms with Crippen LogP contribution in [-0.2, 0) is 6.54 Å². The van der Waals surface area contributed by atoms with Crippen molar-refractivity contribution in [3.63, 3.8) is 0 Å². The minimum atomic E-state index is -0.0819. The number of benzene rings is 1. The number of aromatic nitrogens is 2. The Hall–Kier alpha value is -0.550. The minimum Gasteiger partial charge on any atom is -0.305 e. The third kappa shape index (κ3) is 3.62. The highest BCUT2D eigenvalue weighted by Gasteiger charge is 2.23. The first-order valence-corrected chi connectivity index (χ1v) is 8.53. The smallest absolute Gasteiger partial charge is 0.0837 e. The van der Waals surface area contributed by atoms with Gasteiger partial charge in [-0.2, -0.15) is 5.10 Å². The van der Waals surface area contributed by atoms with Gasteiger partial charge in [-0.3, -0.25) is 4.68 Å². The van der Waals surface area contributed by atoms with Gasteiger partial charge in [0.05, 0.1) is 28.0 Å². The summed E-state index contributed by atoms with van der Waals surface area (Å²) in [6.07, 6.45) is 2.69. The topological polar surface area (TPSA) is 29.9 Å². The van der Waals surface area contributed by atoms with Crippen molar-refractivity contribution < 1.29 is 0 Å². The fourth-order valence-corrected chi connectivity index (χ4v) is 3.22. The zero-order chi connectivity index (χ0) is 15.4. The number of aryl methyl sites for hydroxylation is 1. The van der Waals surface area contributed by atoms with Crippen LogP contribution in [0.2, 0.25) is 10.0 Å². The predicted molar refractivity (Wildman–Crippen MR) is 92.2 cm³/mol. The Morgan fingerprint density at radius 2 is 2.10 bits per heavy atom. The molecule has 0 bridgehead atoms. The molecule has 1 atom stereocenters. The van der Waals surface area contributed by atoms with Crippen molar-refractivity contribution >= 4 is 39.1 Å². The van der Waals surface area contributed by atoms with Gasteiger partial charge in [-0.25, -0.2) is 0 Å². The van der Waals surface area contributed by atoms with Crippen molar-refractivity contribution in [2.75, 3.05) is 6.54 Å². The number of rotatable bonds is 6. The summed E-state index contributed by atoms with van der Waals surface area (Å²) in [6.45, 7) is 5.82. The molecule has 6 heteroatoms. The third-order valence-corrected chi connectivity index (χ3v) is 4.84. The van der Waals surface area contributed by atoms with Gasteiger partial charge < -0.3 is 5.32 Å². The molecule has 0 amide bonds. The highest BCUT2D eigenvalue weighted by molar-refractivity contribution is 9.10. The fourth-order valence-electron chi connectivity index (χ4n) is 2.35. The zero-order valence-electron chi connectivity index (χ0n) is 12.0. The van der Waals surface area contributed by atoms with Gasteiger partial charge in [0.2, 0.25) is 0 Å². The Balaban J connectivity index is 2.53. The summed E-state index contributed by atoms with van der Waals surface area (Å²) >= 11 is 16.3. The lowest BCUT2D eigenvalue weighted by atomic mass is 10.0. The minimum absolute atomic E-state index is 0.0819. The number of nitrogens with one attached hydrogen (secondary N) is 1. The van der Waals surface area contributed by atoms with E-state index in [0.29, 0.717) is 10.0 Å². The zero-order valence-corrected chi connectivity index (χ0v) is 15.1. The lowest BCUT2D eigenvalue weighted by Gasteiger charge is -2.22. The van der Waals surface area contributed by atoms with Gasteiger partial charge in [-0.05, 0) is 40.5 Å². The molecule has 2 aromatic rings. The van der Waals surface area contributed by atoms with Crippen LogP contribution in [0.5, 0.6) is 0 Å². The van der Waals surface area contributed by atoms with E-state index in [9.17, 15) is 0 Å². The molecule has 0 spiro atoms. The van der Waals surface area contributed by atoms with Gasteiger partial charge in [0.25, 0.3) is 0 Å². The average Bonchev–Trinajstić information content (AvgIpc) is 2.81. The molecule has 0 aliphatic heterocycles. The van der Waals surface area contributed by atoms with Crippen molar-refractivity contribution in [3.05, 3.63) is 50.2 Å². The summed E-state index contributed by atoms with van der Waals surface area (Å²) < 4.78 is 2.83. The van der Waals surface area contributed by atoms with E-state index >= 15 is 0 Å². The average molecular weight is 391 g/mol. The summed E-state index contributed by atoms with van der Waals surface area (Å²) in [5.74, 6) is 0. The Morgan fingerprint density at radius 3 is 2.76 bits per heavy atom. The molecule has 2 rings (SSSR count). The van der Waals surface area contributed by atoms with Crippen molar-refractivity contribution in [2.24, 2.45) is 0 Å². The van der Waals surface area contributed by atoms with Gasteiger partial charge in [-0.15, -0.1) is 0 Å². The lowest BCUT2D eigenvalue weighted by molar-refractivity contribution is 0.520. The van der Waals surface area contributed by atoms with Crippen LogP contribution in [0.15, 0.2) is 28.9 Å². The van der Waals surface area contributed by atoms with Crippen LogP contribution in [-0.4, -0.2) is 16.3 Å². The van der Waals surface area contributed by atoms with E-state index < -0.39 is 0 Å². The maximum Gasteiger partial charge on any atom is 0.0837 e. The van der Waals surface area contributed by atoms with Gasteiger partial charge in [0, 0.05) is 11.0 Å². The standard InChI is InChI=1S/C15H18BrCl2N3/c1-3-8-21-15(12(17)9-20-21)14(19-4-2)10-6-5-7-11(16)13(10)18/h5-7,9,14,19H,3-4,8H2,1-2H3. The van der Waals surface area contributed by atoms with Gasteiger partial charge in [0.15, 0.2) is 0 Å². The summed E-state index contributed by atoms with van der Waals surface area (Å²) in [5, 5.41) is 9.19. The molecule has 0 saturated carbocycles. The molecule has 1 aromatic carbocycles. The van der Waals surface area contributed by atoms with E-state index in [1.807, 2.05) is 22.9 Å². The molecule has 114 valence electrons. The molecule has 3 nitrogen and oxygen atoms in total. The van der Waals surface area contributed by atoms with E-state index in [-0.39, 0.29) is 6.04 Å². The van der Waals surface area contributed by atoms with Crippen LogP contribution in [0, 0.1) is 0 Å². The first-order valence-electron chi connectivity index (χ1n) is 6.98. The van der Waals surface area contributed by atoms with Crippen molar-refractivity contribution in [2.45, 2.75) is 32.9 Å². The first-order chi connectivity index (χ1) is 10.1. The molecular formula is C15H18BrCl2N3. The second kappa shape index (κ2) is 7.63. The molecule has 21 heavy (non-hydrogen) atoms. The van der Waals surface area contributed by atoms with Crippen LogP contribution in [0.25, 0.3) is 0 Å². The largest absolute Gasteiger partial charge is 0.305 e. The second-order valence-electron chi connectivity index (χ2n) is 4.73. The van der Waals surface area contributed by atoms with E-state index in [2.05, 4.69) is 40.2 Å². The van der Waals surface area contributed by atoms with Crippen LogP contribution >= 0.6 is 39.1 Å². The summed E-state index contributed by atoms with van der Waals surface area (Å²) in [5.41, 5.74) is 1.95. The summed E-state index contributed by atoms with van der Waals surface area (Å²) in [7, 11) is 0. The Kier molecular flexibility index (Phi) is 6.11. The summed E-state index contributed by atoms with van der Waals surface area (Å²) in [6, 6.07) is 5.84. The van der Waals surface area contributed by atoms with Gasteiger partial charge >= 0.3 is 0 Å². The maximum absolute atomic E-state index is 6.46. The summed E-state index contributed by atoms with van der Waals surface area (Å²) in [4.78, 5) is 0. The first kappa shape index (κ1) is 16.8. The van der Waals surface area contributed by atoms with E-state index in [4.69, 9.17) is 23.2 Å². The van der Waals surface area contributed by atoms with Crippen LogP contribution in [0.1, 0.15) is 37.6 Å². The van der Waals surface area contributed by atoms with Crippen molar-refractivity contribution in [1.29, 1.82) is 0 Å².